The molecule has 0 atom stereocenters. The van der Waals surface area contributed by atoms with Crippen LogP contribution < -0.4 is 14.8 Å². The number of hydrogen-bond acceptors (Lipinski definition) is 5. The van der Waals surface area contributed by atoms with Gasteiger partial charge in [-0.15, -0.1) is 0 Å². The summed E-state index contributed by atoms with van der Waals surface area (Å²) in [6.07, 6.45) is 0. The van der Waals surface area contributed by atoms with Gasteiger partial charge in [0.05, 0.1) is 11.5 Å². The first-order valence-corrected chi connectivity index (χ1v) is 12.1. The maximum absolute atomic E-state index is 12.7. The summed E-state index contributed by atoms with van der Waals surface area (Å²) >= 11 is 0. The molecule has 0 aromatic heterocycles. The molecule has 0 bridgehead atoms. The number of carbonyl (C=O) groups is 1. The Morgan fingerprint density at radius 2 is 1.55 bits per heavy atom. The Morgan fingerprint density at radius 3 is 2.15 bits per heavy atom. The van der Waals surface area contributed by atoms with E-state index in [-0.39, 0.29) is 10.8 Å². The van der Waals surface area contributed by atoms with Gasteiger partial charge in [-0.2, -0.15) is 0 Å². The van der Waals surface area contributed by atoms with E-state index in [9.17, 15) is 13.2 Å². The molecule has 0 saturated carbocycles. The van der Waals surface area contributed by atoms with Crippen LogP contribution in [0.1, 0.15) is 28.4 Å². The predicted molar refractivity (Wildman–Crippen MR) is 130 cm³/mol. The standard InChI is InChI=1S/C25H29N3O4S/c1-4-32-23-13-11-22(12-14-23)27-33(30,31)24-15-9-19(10-16-24)25(29)26-17-20-7-5-6-8-21(20)18-28(2)3/h5-16,27H,4,17-18H2,1-3H3,(H,26,29). The first-order chi connectivity index (χ1) is 15.8. The van der Waals surface area contributed by atoms with Crippen LogP contribution in [0.2, 0.25) is 0 Å². The van der Waals surface area contributed by atoms with Gasteiger partial charge in [0, 0.05) is 24.3 Å². The zero-order chi connectivity index (χ0) is 23.8. The molecule has 2 N–H and O–H groups in total. The van der Waals surface area contributed by atoms with Crippen LogP contribution in [0.4, 0.5) is 5.69 Å². The lowest BCUT2D eigenvalue weighted by atomic mass is 10.1. The van der Waals surface area contributed by atoms with Gasteiger partial charge in [-0.05, 0) is 80.7 Å². The van der Waals surface area contributed by atoms with Gasteiger partial charge in [0.15, 0.2) is 0 Å². The molecule has 0 spiro atoms. The number of rotatable bonds is 10. The highest BCUT2D eigenvalue weighted by Gasteiger charge is 2.15. The van der Waals surface area contributed by atoms with Crippen LogP contribution in [-0.2, 0) is 23.1 Å². The molecule has 0 radical (unpaired) electrons. The second kappa shape index (κ2) is 11.0. The number of anilines is 1. The third-order valence-electron chi connectivity index (χ3n) is 4.89. The monoisotopic (exact) mass is 467 g/mol. The van der Waals surface area contributed by atoms with Gasteiger partial charge in [-0.3, -0.25) is 9.52 Å². The molecule has 8 heteroatoms. The number of nitrogens with one attached hydrogen (secondary N) is 2. The van der Waals surface area contributed by atoms with Crippen LogP contribution in [0, 0.1) is 0 Å². The molecule has 1 amide bonds. The Morgan fingerprint density at radius 1 is 0.909 bits per heavy atom. The molecule has 0 saturated heterocycles. The number of sulfonamides is 1. The van der Waals surface area contributed by atoms with E-state index in [2.05, 4.69) is 14.9 Å². The lowest BCUT2D eigenvalue weighted by Gasteiger charge is -2.15. The van der Waals surface area contributed by atoms with Crippen molar-refractivity contribution in [3.05, 3.63) is 89.5 Å². The third-order valence-corrected chi connectivity index (χ3v) is 6.29. The highest BCUT2D eigenvalue weighted by Crippen LogP contribution is 2.20. The van der Waals surface area contributed by atoms with Gasteiger partial charge in [-0.1, -0.05) is 24.3 Å². The van der Waals surface area contributed by atoms with Crippen molar-refractivity contribution in [1.82, 2.24) is 10.2 Å². The van der Waals surface area contributed by atoms with Crippen LogP contribution >= 0.6 is 0 Å². The molecule has 0 aliphatic rings. The van der Waals surface area contributed by atoms with Gasteiger partial charge in [0.2, 0.25) is 0 Å². The molecule has 0 heterocycles. The molecular formula is C25H29N3O4S. The molecule has 0 aliphatic carbocycles. The van der Waals surface area contributed by atoms with E-state index in [4.69, 9.17) is 4.74 Å². The van der Waals surface area contributed by atoms with E-state index in [1.54, 1.807) is 24.3 Å². The average Bonchev–Trinajstić information content (AvgIpc) is 2.79. The lowest BCUT2D eigenvalue weighted by molar-refractivity contribution is 0.0950. The second-order valence-corrected chi connectivity index (χ2v) is 9.46. The Bertz CT molecular complexity index is 1180. The van der Waals surface area contributed by atoms with E-state index in [1.165, 1.54) is 24.3 Å². The van der Waals surface area contributed by atoms with Crippen molar-refractivity contribution >= 4 is 21.6 Å². The topological polar surface area (TPSA) is 87.7 Å². The van der Waals surface area contributed by atoms with Crippen molar-refractivity contribution in [3.8, 4) is 5.75 Å². The first-order valence-electron chi connectivity index (χ1n) is 10.6. The van der Waals surface area contributed by atoms with Crippen molar-refractivity contribution in [2.45, 2.75) is 24.9 Å². The zero-order valence-corrected chi connectivity index (χ0v) is 19.9. The first kappa shape index (κ1) is 24.3. The third kappa shape index (κ3) is 6.81. The Kier molecular flexibility index (Phi) is 8.08. The SMILES string of the molecule is CCOc1ccc(NS(=O)(=O)c2ccc(C(=O)NCc3ccccc3CN(C)C)cc2)cc1. The van der Waals surface area contributed by atoms with E-state index in [1.807, 2.05) is 45.3 Å². The summed E-state index contributed by atoms with van der Waals surface area (Å²) < 4.78 is 33.3. The van der Waals surface area contributed by atoms with Gasteiger partial charge in [0.25, 0.3) is 15.9 Å². The summed E-state index contributed by atoms with van der Waals surface area (Å²) in [5.74, 6) is 0.401. The van der Waals surface area contributed by atoms with Crippen LogP contribution in [0.5, 0.6) is 5.75 Å². The number of nitrogens with zero attached hydrogens (tertiary/aromatic N) is 1. The number of amides is 1. The zero-order valence-electron chi connectivity index (χ0n) is 19.0. The molecule has 3 aromatic carbocycles. The molecule has 0 unspecified atom stereocenters. The second-order valence-electron chi connectivity index (χ2n) is 7.78. The summed E-state index contributed by atoms with van der Waals surface area (Å²) in [6, 6.07) is 20.5. The molecule has 33 heavy (non-hydrogen) atoms. The number of ether oxygens (including phenoxy) is 1. The van der Waals surface area contributed by atoms with E-state index < -0.39 is 10.0 Å². The molecular weight excluding hydrogens is 438 g/mol. The normalized spacial score (nSPS) is 11.3. The fourth-order valence-corrected chi connectivity index (χ4v) is 4.35. The van der Waals surface area contributed by atoms with Gasteiger partial charge < -0.3 is 15.0 Å². The number of benzene rings is 3. The fourth-order valence-electron chi connectivity index (χ4n) is 3.29. The number of carbonyl (C=O) groups excluding carboxylic acids is 1. The summed E-state index contributed by atoms with van der Waals surface area (Å²) in [6.45, 7) is 3.58. The minimum atomic E-state index is -3.78. The molecule has 174 valence electrons. The van der Waals surface area contributed by atoms with E-state index in [0.29, 0.717) is 30.2 Å². The van der Waals surface area contributed by atoms with Gasteiger partial charge in [-0.25, -0.2) is 8.42 Å². The van der Waals surface area contributed by atoms with Crippen molar-refractivity contribution in [1.29, 1.82) is 0 Å². The maximum atomic E-state index is 12.7. The van der Waals surface area contributed by atoms with Crippen molar-refractivity contribution in [3.63, 3.8) is 0 Å². The minimum absolute atomic E-state index is 0.0734. The Balaban J connectivity index is 1.64. The summed E-state index contributed by atoms with van der Waals surface area (Å²) in [7, 11) is 0.211. The summed E-state index contributed by atoms with van der Waals surface area (Å²) in [4.78, 5) is 14.7. The predicted octanol–water partition coefficient (Wildman–Crippen LogP) is 3.88. The minimum Gasteiger partial charge on any atom is -0.494 e. The molecule has 0 fully saturated rings. The van der Waals surface area contributed by atoms with Crippen LogP contribution in [0.15, 0.2) is 77.7 Å². The Hall–Kier alpha value is -3.36. The van der Waals surface area contributed by atoms with Crippen LogP contribution in [0.25, 0.3) is 0 Å². The summed E-state index contributed by atoms with van der Waals surface area (Å²) in [5.41, 5.74) is 3.00. The van der Waals surface area contributed by atoms with Gasteiger partial charge >= 0.3 is 0 Å². The van der Waals surface area contributed by atoms with E-state index in [0.717, 1.165) is 17.7 Å². The molecule has 7 nitrogen and oxygen atoms in total. The van der Waals surface area contributed by atoms with E-state index >= 15 is 0 Å². The van der Waals surface area contributed by atoms with Gasteiger partial charge in [0.1, 0.15) is 5.75 Å². The summed E-state index contributed by atoms with van der Waals surface area (Å²) in [5, 5.41) is 2.91. The Labute approximate surface area is 195 Å². The van der Waals surface area contributed by atoms with Crippen molar-refractivity contribution in [2.24, 2.45) is 0 Å². The highest BCUT2D eigenvalue weighted by atomic mass is 32.2. The fraction of sp³-hybridized carbons (Fsp3) is 0.240. The number of hydrogen-bond donors (Lipinski definition) is 2. The molecule has 3 aromatic rings. The maximum Gasteiger partial charge on any atom is 0.261 e. The highest BCUT2D eigenvalue weighted by molar-refractivity contribution is 7.92. The van der Waals surface area contributed by atoms with Crippen molar-refractivity contribution < 1.29 is 17.9 Å². The quantitative estimate of drug-likeness (QED) is 0.473. The van der Waals surface area contributed by atoms with Crippen molar-refractivity contribution in [2.75, 3.05) is 25.4 Å². The molecule has 3 rings (SSSR count). The average molecular weight is 468 g/mol. The van der Waals surface area contributed by atoms with Crippen LogP contribution in [-0.4, -0.2) is 39.9 Å². The smallest absolute Gasteiger partial charge is 0.261 e. The van der Waals surface area contributed by atoms with Crippen LogP contribution in [0.3, 0.4) is 0 Å². The molecule has 0 aliphatic heterocycles. The lowest BCUT2D eigenvalue weighted by Crippen LogP contribution is -2.24. The largest absolute Gasteiger partial charge is 0.494 e.